The third-order valence-electron chi connectivity index (χ3n) is 5.99. The summed E-state index contributed by atoms with van der Waals surface area (Å²) < 4.78 is 8.18. The van der Waals surface area contributed by atoms with Gasteiger partial charge < -0.3 is 14.4 Å². The number of ether oxygens (including phenoxy) is 1. The summed E-state index contributed by atoms with van der Waals surface area (Å²) in [5, 5.41) is 14.2. The average Bonchev–Trinajstić information content (AvgIpc) is 3.09. The van der Waals surface area contributed by atoms with Crippen molar-refractivity contribution in [1.82, 2.24) is 14.3 Å². The van der Waals surface area contributed by atoms with Crippen molar-refractivity contribution in [2.75, 3.05) is 7.11 Å². The molecule has 1 aliphatic carbocycles. The fraction of sp³-hybridized carbons (Fsp3) is 0.435. The number of pyridine rings is 1. The van der Waals surface area contributed by atoms with Crippen molar-refractivity contribution in [1.29, 1.82) is 0 Å². The molecule has 2 aliphatic heterocycles. The van der Waals surface area contributed by atoms with Crippen LogP contribution in [-0.2, 0) is 11.3 Å². The lowest BCUT2D eigenvalue weighted by Gasteiger charge is -2.25. The molecule has 0 saturated heterocycles. The van der Waals surface area contributed by atoms with Gasteiger partial charge in [0.1, 0.15) is 11.3 Å². The summed E-state index contributed by atoms with van der Waals surface area (Å²) in [5.41, 5.74) is 2.48. The molecule has 0 radical (unpaired) electrons. The first-order valence-corrected chi connectivity index (χ1v) is 10.4. The molecule has 30 heavy (non-hydrogen) atoms. The number of carbonyl (C=O) groups is 1. The van der Waals surface area contributed by atoms with E-state index in [1.54, 1.807) is 12.4 Å². The monoisotopic (exact) mass is 409 g/mol. The number of fused-ring (bicyclic) bond motifs is 1. The summed E-state index contributed by atoms with van der Waals surface area (Å²) in [6, 6.07) is 7.54. The maximum Gasteiger partial charge on any atom is 0.341 e. The maximum atomic E-state index is 13.1. The zero-order chi connectivity index (χ0) is 21.3. The highest BCUT2D eigenvalue weighted by molar-refractivity contribution is 5.96. The number of esters is 1. The molecular weight excluding hydrogens is 382 g/mol. The number of aromatic nitrogens is 3. The molecule has 7 heteroatoms. The van der Waals surface area contributed by atoms with E-state index in [1.165, 1.54) is 11.8 Å². The predicted octanol–water partition coefficient (Wildman–Crippen LogP) is 3.18. The molecular formula is C23H27N3O4. The molecule has 0 unspecified atom stereocenters. The van der Waals surface area contributed by atoms with Crippen LogP contribution in [-0.4, -0.2) is 38.6 Å². The molecule has 0 bridgehead atoms. The average molecular weight is 409 g/mol. The molecule has 1 aromatic rings. The number of carbonyl (C=O) groups excluding carboxylic acids is 1. The van der Waals surface area contributed by atoms with Crippen molar-refractivity contribution in [3.05, 3.63) is 58.1 Å². The fourth-order valence-corrected chi connectivity index (χ4v) is 4.25. The molecule has 158 valence electrons. The second-order valence-electron chi connectivity index (χ2n) is 8.18. The van der Waals surface area contributed by atoms with Gasteiger partial charge in [0.25, 0.3) is 5.56 Å². The van der Waals surface area contributed by atoms with Crippen molar-refractivity contribution in [3.63, 3.8) is 0 Å². The Kier molecular flexibility index (Phi) is 5.72. The van der Waals surface area contributed by atoms with Crippen molar-refractivity contribution in [3.8, 4) is 16.9 Å². The van der Waals surface area contributed by atoms with Gasteiger partial charge >= 0.3 is 5.97 Å². The number of aliphatic hydroxyl groups excluding tert-OH is 1. The Morgan fingerprint density at radius 3 is 2.70 bits per heavy atom. The minimum absolute atomic E-state index is 0.174. The predicted molar refractivity (Wildman–Crippen MR) is 113 cm³/mol. The molecule has 2 heterocycles. The quantitative estimate of drug-likeness (QED) is 0.654. The summed E-state index contributed by atoms with van der Waals surface area (Å²) in [6.45, 7) is 2.64. The van der Waals surface area contributed by atoms with E-state index in [0.717, 1.165) is 37.7 Å². The van der Waals surface area contributed by atoms with Crippen LogP contribution in [0.5, 0.6) is 0 Å². The Morgan fingerprint density at radius 1 is 1.23 bits per heavy atom. The summed E-state index contributed by atoms with van der Waals surface area (Å²) in [4.78, 5) is 25.5. The maximum absolute atomic E-state index is 13.1. The first-order chi connectivity index (χ1) is 14.5. The van der Waals surface area contributed by atoms with E-state index in [9.17, 15) is 14.7 Å². The summed E-state index contributed by atoms with van der Waals surface area (Å²) in [7, 11) is 1.33. The third kappa shape index (κ3) is 4.03. The van der Waals surface area contributed by atoms with Crippen molar-refractivity contribution >= 4 is 5.97 Å². The van der Waals surface area contributed by atoms with Crippen LogP contribution in [0.3, 0.4) is 0 Å². The van der Waals surface area contributed by atoms with Crippen LogP contribution < -0.4 is 5.56 Å². The normalized spacial score (nSPS) is 19.2. The molecule has 1 aromatic carbocycles. The Bertz CT molecular complexity index is 1080. The molecule has 0 amide bonds. The smallest absolute Gasteiger partial charge is 0.341 e. The van der Waals surface area contributed by atoms with E-state index in [4.69, 9.17) is 4.74 Å². The zero-order valence-corrected chi connectivity index (χ0v) is 17.4. The van der Waals surface area contributed by atoms with Crippen LogP contribution in [0.15, 0.2) is 41.5 Å². The lowest BCUT2D eigenvalue weighted by molar-refractivity contribution is 0.0600. The van der Waals surface area contributed by atoms with Gasteiger partial charge in [-0.1, -0.05) is 12.1 Å². The SMILES string of the molecule is COC(=O)c1cn(CCC2CCC(O)CC2)cc2c(=O)n(-c3cccc(C)c3)nc1-2. The molecule has 7 nitrogen and oxygen atoms in total. The van der Waals surface area contributed by atoms with E-state index in [2.05, 4.69) is 5.10 Å². The summed E-state index contributed by atoms with van der Waals surface area (Å²) in [5.74, 6) is 0.0314. The number of hydrogen-bond donors (Lipinski definition) is 1. The van der Waals surface area contributed by atoms with Gasteiger partial charge in [-0.05, 0) is 62.6 Å². The second kappa shape index (κ2) is 8.44. The van der Waals surface area contributed by atoms with E-state index in [0.29, 0.717) is 29.4 Å². The Hall–Kier alpha value is -2.93. The van der Waals surface area contributed by atoms with Gasteiger partial charge in [0, 0.05) is 18.9 Å². The van der Waals surface area contributed by atoms with Crippen molar-refractivity contribution < 1.29 is 14.6 Å². The molecule has 1 fully saturated rings. The van der Waals surface area contributed by atoms with Crippen LogP contribution in [0.25, 0.3) is 16.9 Å². The Labute approximate surface area is 175 Å². The highest BCUT2D eigenvalue weighted by Gasteiger charge is 2.25. The molecule has 1 saturated carbocycles. The number of aliphatic hydroxyl groups is 1. The number of aryl methyl sites for hydroxylation is 2. The Morgan fingerprint density at radius 2 is 2.00 bits per heavy atom. The number of hydrogen-bond acceptors (Lipinski definition) is 5. The van der Waals surface area contributed by atoms with Crippen LogP contribution in [0.1, 0.15) is 48.0 Å². The summed E-state index contributed by atoms with van der Waals surface area (Å²) >= 11 is 0. The highest BCUT2D eigenvalue weighted by Crippen LogP contribution is 2.28. The lowest BCUT2D eigenvalue weighted by Crippen LogP contribution is -2.20. The minimum atomic E-state index is -0.510. The van der Waals surface area contributed by atoms with Crippen molar-refractivity contribution in [2.45, 2.75) is 51.7 Å². The highest BCUT2D eigenvalue weighted by atomic mass is 16.5. The van der Waals surface area contributed by atoms with Gasteiger partial charge in [-0.15, -0.1) is 0 Å². The van der Waals surface area contributed by atoms with Gasteiger partial charge in [0.2, 0.25) is 0 Å². The number of methoxy groups -OCH3 is 1. The molecule has 0 aromatic heterocycles. The fourth-order valence-electron chi connectivity index (χ4n) is 4.25. The van der Waals surface area contributed by atoms with Crippen molar-refractivity contribution in [2.24, 2.45) is 5.92 Å². The number of benzene rings is 1. The number of nitrogens with zero attached hydrogens (tertiary/aromatic N) is 3. The third-order valence-corrected chi connectivity index (χ3v) is 5.99. The number of rotatable bonds is 5. The molecule has 3 aliphatic rings. The summed E-state index contributed by atoms with van der Waals surface area (Å²) in [6.07, 6.45) is 7.96. The Balaban J connectivity index is 1.70. The van der Waals surface area contributed by atoms with Gasteiger partial charge in [-0.25, -0.2) is 4.79 Å². The first-order valence-electron chi connectivity index (χ1n) is 10.4. The molecule has 4 rings (SSSR count). The molecule has 1 N–H and O–H groups in total. The largest absolute Gasteiger partial charge is 0.465 e. The van der Waals surface area contributed by atoms with E-state index in [-0.39, 0.29) is 17.2 Å². The first kappa shape index (κ1) is 20.3. The second-order valence-corrected chi connectivity index (χ2v) is 8.18. The van der Waals surface area contributed by atoms with Gasteiger partial charge in [0.15, 0.2) is 0 Å². The van der Waals surface area contributed by atoms with Gasteiger partial charge in [-0.2, -0.15) is 9.78 Å². The van der Waals surface area contributed by atoms with E-state index in [1.807, 2.05) is 35.8 Å². The van der Waals surface area contributed by atoms with Gasteiger partial charge in [-0.3, -0.25) is 4.79 Å². The van der Waals surface area contributed by atoms with Crippen LogP contribution in [0.4, 0.5) is 0 Å². The van der Waals surface area contributed by atoms with Gasteiger partial charge in [0.05, 0.1) is 24.5 Å². The molecule has 0 spiro atoms. The van der Waals surface area contributed by atoms with Crippen LogP contribution in [0, 0.1) is 12.8 Å². The van der Waals surface area contributed by atoms with Crippen LogP contribution in [0.2, 0.25) is 0 Å². The standard InChI is InChI=1S/C23H27N3O4/c1-15-4-3-5-17(12-15)26-22(28)19-13-25(11-10-16-6-8-18(27)9-7-16)14-20(21(19)24-26)23(29)30-2/h3-5,12-14,16,18,27H,6-11H2,1-2H3. The van der Waals surface area contributed by atoms with Crippen LogP contribution >= 0.6 is 0 Å². The van der Waals surface area contributed by atoms with E-state index < -0.39 is 5.97 Å². The lowest BCUT2D eigenvalue weighted by atomic mass is 9.85. The molecule has 0 atom stereocenters. The zero-order valence-electron chi connectivity index (χ0n) is 17.4. The minimum Gasteiger partial charge on any atom is -0.465 e. The topological polar surface area (TPSA) is 86.4 Å². The van der Waals surface area contributed by atoms with E-state index >= 15 is 0 Å².